The summed E-state index contributed by atoms with van der Waals surface area (Å²) in [4.78, 5) is 21.0. The molecule has 16 heavy (non-hydrogen) atoms. The summed E-state index contributed by atoms with van der Waals surface area (Å²) in [6.45, 7) is 0. The lowest BCUT2D eigenvalue weighted by molar-refractivity contribution is -0.137. The number of carboxylic acids is 1. The van der Waals surface area contributed by atoms with Gasteiger partial charge in [-0.25, -0.2) is 0 Å². The number of aldehydes is 1. The minimum absolute atomic E-state index is 0.216. The summed E-state index contributed by atoms with van der Waals surface area (Å²) >= 11 is 1.84. The quantitative estimate of drug-likeness (QED) is 0.423. The monoisotopic (exact) mass is 242 g/mol. The predicted octanol–water partition coefficient (Wildman–Crippen LogP) is 2.37. The molecular formula is C12H18O3S. The maximum absolute atomic E-state index is 10.7. The van der Waals surface area contributed by atoms with E-state index in [4.69, 9.17) is 5.11 Å². The lowest BCUT2D eigenvalue weighted by atomic mass is 9.94. The molecule has 1 N–H and O–H groups in total. The number of unbranched alkanes of at least 4 members (excludes halogenated alkanes) is 1. The van der Waals surface area contributed by atoms with Crippen molar-refractivity contribution in [1.82, 2.24) is 0 Å². The number of carbonyl (C=O) groups is 2. The molecule has 4 heteroatoms. The van der Waals surface area contributed by atoms with Crippen molar-refractivity contribution >= 4 is 24.0 Å². The Hall–Kier alpha value is -0.770. The van der Waals surface area contributed by atoms with E-state index in [1.165, 1.54) is 0 Å². The molecular weight excluding hydrogens is 224 g/mol. The third kappa shape index (κ3) is 4.84. The highest BCUT2D eigenvalue weighted by Crippen LogP contribution is 2.31. The smallest absolute Gasteiger partial charge is 0.303 e. The molecule has 0 amide bonds. The third-order valence-electron chi connectivity index (χ3n) is 2.79. The van der Waals surface area contributed by atoms with Crippen molar-refractivity contribution in [3.05, 3.63) is 12.2 Å². The van der Waals surface area contributed by atoms with E-state index < -0.39 is 5.97 Å². The zero-order valence-electron chi connectivity index (χ0n) is 9.30. The number of aliphatic carboxylic acids is 1. The molecule has 1 aliphatic heterocycles. The first-order valence-corrected chi connectivity index (χ1v) is 6.79. The van der Waals surface area contributed by atoms with E-state index in [1.807, 2.05) is 17.8 Å². The van der Waals surface area contributed by atoms with E-state index in [2.05, 4.69) is 6.08 Å². The summed E-state index contributed by atoms with van der Waals surface area (Å²) in [5.74, 6) is 2.00. The molecule has 0 bridgehead atoms. The number of hydrogen-bond donors (Lipinski definition) is 1. The molecule has 3 nitrogen and oxygen atoms in total. The van der Waals surface area contributed by atoms with Crippen molar-refractivity contribution in [2.24, 2.45) is 11.8 Å². The molecule has 2 atom stereocenters. The van der Waals surface area contributed by atoms with Gasteiger partial charge in [-0.2, -0.15) is 11.8 Å². The van der Waals surface area contributed by atoms with Crippen LogP contribution < -0.4 is 0 Å². The van der Waals surface area contributed by atoms with Crippen molar-refractivity contribution in [2.75, 3.05) is 11.5 Å². The molecule has 0 aromatic rings. The fraction of sp³-hybridized carbons (Fsp3) is 0.667. The van der Waals surface area contributed by atoms with Crippen LogP contribution in [0.5, 0.6) is 0 Å². The second-order valence-corrected chi connectivity index (χ2v) is 5.17. The molecule has 0 aromatic carbocycles. The first-order valence-electron chi connectivity index (χ1n) is 5.64. The lowest BCUT2D eigenvalue weighted by Crippen LogP contribution is -2.12. The van der Waals surface area contributed by atoms with E-state index in [1.54, 1.807) is 0 Å². The van der Waals surface area contributed by atoms with E-state index >= 15 is 0 Å². The number of hydrogen-bond acceptors (Lipinski definition) is 3. The maximum atomic E-state index is 10.7. The van der Waals surface area contributed by atoms with Gasteiger partial charge in [-0.1, -0.05) is 12.2 Å². The zero-order chi connectivity index (χ0) is 11.8. The van der Waals surface area contributed by atoms with Gasteiger partial charge in [0, 0.05) is 18.1 Å². The Morgan fingerprint density at radius 3 is 2.88 bits per heavy atom. The molecule has 0 radical (unpaired) electrons. The van der Waals surface area contributed by atoms with Gasteiger partial charge in [-0.15, -0.1) is 0 Å². The minimum atomic E-state index is -0.735. The van der Waals surface area contributed by atoms with Crippen LogP contribution in [0.25, 0.3) is 0 Å². The molecule has 1 aliphatic rings. The van der Waals surface area contributed by atoms with Gasteiger partial charge >= 0.3 is 5.97 Å². The molecule has 0 spiro atoms. The Balaban J connectivity index is 2.11. The topological polar surface area (TPSA) is 54.4 Å². The van der Waals surface area contributed by atoms with Crippen LogP contribution in [0.2, 0.25) is 0 Å². The number of rotatable bonds is 7. The van der Waals surface area contributed by atoms with Crippen molar-refractivity contribution < 1.29 is 14.7 Å². The molecule has 90 valence electrons. The molecule has 0 aliphatic carbocycles. The first-order chi connectivity index (χ1) is 7.74. The molecule has 0 unspecified atom stereocenters. The molecule has 1 heterocycles. The minimum Gasteiger partial charge on any atom is -0.481 e. The average molecular weight is 242 g/mol. The van der Waals surface area contributed by atoms with Crippen LogP contribution in [0.15, 0.2) is 12.2 Å². The fourth-order valence-corrected chi connectivity index (χ4v) is 3.21. The number of carboxylic acid groups (broad SMARTS) is 1. The highest BCUT2D eigenvalue weighted by Gasteiger charge is 2.25. The van der Waals surface area contributed by atoms with Crippen molar-refractivity contribution in [3.63, 3.8) is 0 Å². The standard InChI is InChI=1S/C12H18O3S/c13-7-11-9-16-8-10(11)5-3-1-2-4-6-12(14)15/h1,3,7,10-11H,2,4-6,8-9H2,(H,14,15)/t10-,11+/m0/s1. The summed E-state index contributed by atoms with van der Waals surface area (Å²) < 4.78 is 0. The highest BCUT2D eigenvalue weighted by atomic mass is 32.2. The van der Waals surface area contributed by atoms with Crippen LogP contribution in [-0.2, 0) is 9.59 Å². The Bertz CT molecular complexity index is 263. The van der Waals surface area contributed by atoms with Crippen LogP contribution in [-0.4, -0.2) is 28.9 Å². The lowest BCUT2D eigenvalue weighted by Gasteiger charge is -2.09. The third-order valence-corrected chi connectivity index (χ3v) is 4.07. The Morgan fingerprint density at radius 2 is 2.19 bits per heavy atom. The first kappa shape index (κ1) is 13.3. The summed E-state index contributed by atoms with van der Waals surface area (Å²) in [6, 6.07) is 0. The van der Waals surface area contributed by atoms with Gasteiger partial charge in [-0.05, 0) is 30.9 Å². The molecule has 0 aromatic heterocycles. The fourth-order valence-electron chi connectivity index (χ4n) is 1.77. The van der Waals surface area contributed by atoms with Crippen molar-refractivity contribution in [3.8, 4) is 0 Å². The van der Waals surface area contributed by atoms with Gasteiger partial charge in [0.05, 0.1) is 0 Å². The SMILES string of the molecule is O=C[C@@H]1CSC[C@@H]1CC=CCCCC(=O)O. The van der Waals surface area contributed by atoms with Crippen LogP contribution >= 0.6 is 11.8 Å². The predicted molar refractivity (Wildman–Crippen MR) is 65.6 cm³/mol. The van der Waals surface area contributed by atoms with Gasteiger partial charge < -0.3 is 9.90 Å². The van der Waals surface area contributed by atoms with Gasteiger partial charge in [0.25, 0.3) is 0 Å². The summed E-state index contributed by atoms with van der Waals surface area (Å²) in [7, 11) is 0. The number of thioether (sulfide) groups is 1. The van der Waals surface area contributed by atoms with E-state index in [9.17, 15) is 9.59 Å². The Morgan fingerprint density at radius 1 is 1.38 bits per heavy atom. The van der Waals surface area contributed by atoms with Crippen LogP contribution in [0, 0.1) is 11.8 Å². The van der Waals surface area contributed by atoms with Gasteiger partial charge in [-0.3, -0.25) is 4.79 Å². The number of allylic oxidation sites excluding steroid dienone is 2. The summed E-state index contributed by atoms with van der Waals surface area (Å²) in [5.41, 5.74) is 0. The Labute approximate surface area is 100 Å². The van der Waals surface area contributed by atoms with E-state index in [0.29, 0.717) is 12.3 Å². The van der Waals surface area contributed by atoms with Gasteiger partial charge in [0.2, 0.25) is 0 Å². The average Bonchev–Trinajstić information content (AvgIpc) is 2.70. The second kappa shape index (κ2) is 7.49. The van der Waals surface area contributed by atoms with Crippen molar-refractivity contribution in [1.29, 1.82) is 0 Å². The molecule has 0 saturated carbocycles. The largest absolute Gasteiger partial charge is 0.481 e. The molecule has 1 rings (SSSR count). The van der Waals surface area contributed by atoms with Crippen LogP contribution in [0.3, 0.4) is 0 Å². The maximum Gasteiger partial charge on any atom is 0.303 e. The van der Waals surface area contributed by atoms with E-state index in [0.717, 1.165) is 30.6 Å². The molecule has 1 fully saturated rings. The zero-order valence-corrected chi connectivity index (χ0v) is 10.1. The van der Waals surface area contributed by atoms with Gasteiger partial charge in [0.15, 0.2) is 0 Å². The molecule has 1 saturated heterocycles. The van der Waals surface area contributed by atoms with Crippen LogP contribution in [0.1, 0.15) is 25.7 Å². The van der Waals surface area contributed by atoms with Crippen molar-refractivity contribution in [2.45, 2.75) is 25.7 Å². The number of carbonyl (C=O) groups excluding carboxylic acids is 1. The van der Waals surface area contributed by atoms with E-state index in [-0.39, 0.29) is 12.3 Å². The second-order valence-electron chi connectivity index (χ2n) is 4.09. The van der Waals surface area contributed by atoms with Gasteiger partial charge in [0.1, 0.15) is 6.29 Å². The summed E-state index contributed by atoms with van der Waals surface area (Å²) in [6.07, 6.45) is 7.90. The van der Waals surface area contributed by atoms with Crippen LogP contribution in [0.4, 0.5) is 0 Å². The highest BCUT2D eigenvalue weighted by molar-refractivity contribution is 7.99. The summed E-state index contributed by atoms with van der Waals surface area (Å²) in [5, 5.41) is 8.44. The Kier molecular flexibility index (Phi) is 6.23. The normalized spacial score (nSPS) is 25.0.